The lowest BCUT2D eigenvalue weighted by Gasteiger charge is -2.17. The molecule has 3 rings (SSSR count). The van der Waals surface area contributed by atoms with Gasteiger partial charge in [-0.2, -0.15) is 0 Å². The highest BCUT2D eigenvalue weighted by Gasteiger charge is 2.36. The molecule has 0 aromatic heterocycles. The molecule has 2 aromatic rings. The van der Waals surface area contributed by atoms with Crippen LogP contribution in [0.3, 0.4) is 0 Å². The van der Waals surface area contributed by atoms with E-state index < -0.39 is 29.8 Å². The summed E-state index contributed by atoms with van der Waals surface area (Å²) in [4.78, 5) is 51.5. The van der Waals surface area contributed by atoms with E-state index in [1.165, 1.54) is 25.1 Å². The van der Waals surface area contributed by atoms with Gasteiger partial charge >= 0.3 is 5.97 Å². The molecule has 3 amide bonds. The molecule has 2 aromatic carbocycles. The minimum Gasteiger partial charge on any atom is -0.449 e. The summed E-state index contributed by atoms with van der Waals surface area (Å²) in [6.07, 6.45) is -0.544. The van der Waals surface area contributed by atoms with Crippen LogP contribution in [0.5, 0.6) is 0 Å². The molecule has 0 spiro atoms. The normalized spacial score (nSPS) is 13.7. The molecule has 1 atom stereocenters. The van der Waals surface area contributed by atoms with Crippen molar-refractivity contribution in [3.05, 3.63) is 63.7 Å². The zero-order valence-corrected chi connectivity index (χ0v) is 19.5. The Labute approximate surface area is 192 Å². The van der Waals surface area contributed by atoms with Crippen LogP contribution in [0, 0.1) is 20.8 Å². The molecule has 0 bridgehead atoms. The molecule has 8 heteroatoms. The van der Waals surface area contributed by atoms with Gasteiger partial charge in [0, 0.05) is 25.9 Å². The Morgan fingerprint density at radius 2 is 1.64 bits per heavy atom. The van der Waals surface area contributed by atoms with E-state index in [9.17, 15) is 19.2 Å². The largest absolute Gasteiger partial charge is 0.449 e. The van der Waals surface area contributed by atoms with Crippen LogP contribution in [0.15, 0.2) is 30.3 Å². The van der Waals surface area contributed by atoms with Crippen molar-refractivity contribution >= 4 is 29.4 Å². The molecular weight excluding hydrogens is 424 g/mol. The van der Waals surface area contributed by atoms with Crippen LogP contribution in [0.25, 0.3) is 0 Å². The number of anilines is 1. The van der Waals surface area contributed by atoms with E-state index in [0.717, 1.165) is 21.6 Å². The second-order valence-corrected chi connectivity index (χ2v) is 8.18. The number of carbonyl (C=O) groups is 4. The molecule has 8 nitrogen and oxygen atoms in total. The Morgan fingerprint density at radius 3 is 2.27 bits per heavy atom. The number of fused-ring (bicyclic) bond motifs is 1. The van der Waals surface area contributed by atoms with Gasteiger partial charge in [-0.25, -0.2) is 4.79 Å². The van der Waals surface area contributed by atoms with Crippen molar-refractivity contribution in [2.24, 2.45) is 0 Å². The minimum absolute atomic E-state index is 0.0935. The number of esters is 1. The molecular formula is C25H28N2O6. The highest BCUT2D eigenvalue weighted by molar-refractivity contribution is 6.22. The van der Waals surface area contributed by atoms with Gasteiger partial charge in [-0.3, -0.25) is 19.3 Å². The van der Waals surface area contributed by atoms with Crippen LogP contribution in [0.1, 0.15) is 61.1 Å². The van der Waals surface area contributed by atoms with Gasteiger partial charge in [0.1, 0.15) is 0 Å². The van der Waals surface area contributed by atoms with E-state index in [-0.39, 0.29) is 23.2 Å². The van der Waals surface area contributed by atoms with E-state index in [1.807, 2.05) is 32.9 Å². The lowest BCUT2D eigenvalue weighted by Crippen LogP contribution is -2.31. The number of methoxy groups -OCH3 is 1. The summed E-state index contributed by atoms with van der Waals surface area (Å²) in [5.41, 5.74) is 4.08. The molecule has 1 aliphatic rings. The molecule has 1 unspecified atom stereocenters. The molecule has 0 radical (unpaired) electrons. The van der Waals surface area contributed by atoms with Crippen LogP contribution in [-0.4, -0.2) is 55.0 Å². The summed E-state index contributed by atoms with van der Waals surface area (Å²) in [6, 6.07) is 8.12. The molecule has 0 saturated heterocycles. The third kappa shape index (κ3) is 5.12. The number of benzene rings is 2. The third-order valence-electron chi connectivity index (χ3n) is 5.51. The van der Waals surface area contributed by atoms with Gasteiger partial charge in [0.25, 0.3) is 17.7 Å². The van der Waals surface area contributed by atoms with Gasteiger partial charge in [0.15, 0.2) is 6.10 Å². The second-order valence-electron chi connectivity index (χ2n) is 8.18. The van der Waals surface area contributed by atoms with Crippen LogP contribution in [0.4, 0.5) is 5.69 Å². The number of hydrogen-bond acceptors (Lipinski definition) is 6. The van der Waals surface area contributed by atoms with E-state index in [4.69, 9.17) is 9.47 Å². The van der Waals surface area contributed by atoms with E-state index in [0.29, 0.717) is 18.7 Å². The first-order chi connectivity index (χ1) is 15.6. The summed E-state index contributed by atoms with van der Waals surface area (Å²) < 4.78 is 10.3. The topological polar surface area (TPSA) is 102 Å². The fraction of sp³-hybridized carbons (Fsp3) is 0.360. The van der Waals surface area contributed by atoms with Crippen LogP contribution in [-0.2, 0) is 14.3 Å². The Kier molecular flexibility index (Phi) is 7.28. The molecule has 0 fully saturated rings. The Morgan fingerprint density at radius 1 is 1.00 bits per heavy atom. The van der Waals surface area contributed by atoms with Crippen molar-refractivity contribution in [1.82, 2.24) is 4.90 Å². The van der Waals surface area contributed by atoms with Gasteiger partial charge in [-0.1, -0.05) is 17.7 Å². The molecule has 1 N–H and O–H groups in total. The number of nitrogens with zero attached hydrogens (tertiary/aromatic N) is 1. The standard InChI is InChI=1S/C25H28N2O6/c1-14-11-15(2)21(16(3)12-14)26-22(28)17(4)33-25(31)18-7-8-19-20(13-18)24(30)27(23(19)29)9-6-10-32-5/h7-8,11-13,17H,6,9-10H2,1-5H3,(H,26,28). The Hall–Kier alpha value is -3.52. The van der Waals surface area contributed by atoms with Crippen molar-refractivity contribution in [3.63, 3.8) is 0 Å². The van der Waals surface area contributed by atoms with Crippen LogP contribution in [0.2, 0.25) is 0 Å². The highest BCUT2D eigenvalue weighted by Crippen LogP contribution is 2.25. The number of aryl methyl sites for hydroxylation is 3. The summed E-state index contributed by atoms with van der Waals surface area (Å²) in [7, 11) is 1.55. The quantitative estimate of drug-likeness (QED) is 0.374. The van der Waals surface area contributed by atoms with E-state index >= 15 is 0 Å². The highest BCUT2D eigenvalue weighted by atomic mass is 16.5. The predicted octanol–water partition coefficient (Wildman–Crippen LogP) is 3.43. The van der Waals surface area contributed by atoms with Gasteiger partial charge < -0.3 is 14.8 Å². The first kappa shape index (κ1) is 24.1. The first-order valence-electron chi connectivity index (χ1n) is 10.7. The third-order valence-corrected chi connectivity index (χ3v) is 5.51. The van der Waals surface area contributed by atoms with Gasteiger partial charge in [0.05, 0.1) is 16.7 Å². The van der Waals surface area contributed by atoms with Crippen molar-refractivity contribution in [2.45, 2.75) is 40.2 Å². The van der Waals surface area contributed by atoms with Crippen molar-refractivity contribution < 1.29 is 28.7 Å². The number of rotatable bonds is 8. The Bertz CT molecular complexity index is 1100. The fourth-order valence-corrected chi connectivity index (χ4v) is 3.87. The van der Waals surface area contributed by atoms with Crippen LogP contribution >= 0.6 is 0 Å². The number of imide groups is 1. The first-order valence-corrected chi connectivity index (χ1v) is 10.7. The Balaban J connectivity index is 1.69. The van der Waals surface area contributed by atoms with E-state index in [1.54, 1.807) is 7.11 Å². The molecule has 174 valence electrons. The van der Waals surface area contributed by atoms with Crippen molar-refractivity contribution in [2.75, 3.05) is 25.6 Å². The number of ether oxygens (including phenoxy) is 2. The number of amides is 3. The maximum absolute atomic E-state index is 12.6. The molecule has 0 saturated carbocycles. The second kappa shape index (κ2) is 9.95. The monoisotopic (exact) mass is 452 g/mol. The smallest absolute Gasteiger partial charge is 0.338 e. The fourth-order valence-electron chi connectivity index (χ4n) is 3.87. The molecule has 33 heavy (non-hydrogen) atoms. The minimum atomic E-state index is -1.06. The maximum Gasteiger partial charge on any atom is 0.338 e. The number of nitrogens with one attached hydrogen (secondary N) is 1. The van der Waals surface area contributed by atoms with E-state index in [2.05, 4.69) is 5.32 Å². The summed E-state index contributed by atoms with van der Waals surface area (Å²) >= 11 is 0. The van der Waals surface area contributed by atoms with Gasteiger partial charge in [-0.15, -0.1) is 0 Å². The molecule has 0 aliphatic carbocycles. The lowest BCUT2D eigenvalue weighted by atomic mass is 10.0. The maximum atomic E-state index is 12.6. The molecule has 1 heterocycles. The van der Waals surface area contributed by atoms with Gasteiger partial charge in [-0.05, 0) is 63.4 Å². The van der Waals surface area contributed by atoms with Crippen LogP contribution < -0.4 is 5.32 Å². The van der Waals surface area contributed by atoms with Gasteiger partial charge in [0.2, 0.25) is 0 Å². The average Bonchev–Trinajstić information content (AvgIpc) is 3.00. The number of hydrogen-bond donors (Lipinski definition) is 1. The number of carbonyl (C=O) groups excluding carboxylic acids is 4. The predicted molar refractivity (Wildman–Crippen MR) is 122 cm³/mol. The molecule has 1 aliphatic heterocycles. The lowest BCUT2D eigenvalue weighted by molar-refractivity contribution is -0.123. The summed E-state index contributed by atoms with van der Waals surface area (Å²) in [5, 5.41) is 2.82. The SMILES string of the molecule is COCCCN1C(=O)c2ccc(C(=O)OC(C)C(=O)Nc3c(C)cc(C)cc3C)cc2C1=O. The average molecular weight is 453 g/mol. The summed E-state index contributed by atoms with van der Waals surface area (Å²) in [5.74, 6) is -2.08. The van der Waals surface area contributed by atoms with Crippen molar-refractivity contribution in [3.8, 4) is 0 Å². The zero-order valence-electron chi connectivity index (χ0n) is 19.5. The summed E-state index contributed by atoms with van der Waals surface area (Å²) in [6.45, 7) is 7.90. The van der Waals surface area contributed by atoms with Crippen molar-refractivity contribution in [1.29, 1.82) is 0 Å². The zero-order chi connectivity index (χ0) is 24.3.